The quantitative estimate of drug-likeness (QED) is 0.592. The molecule has 0 bridgehead atoms. The first-order valence-electron chi connectivity index (χ1n) is 10.0. The average molecular weight is 392 g/mol. The van der Waals surface area contributed by atoms with E-state index < -0.39 is 5.97 Å². The van der Waals surface area contributed by atoms with Gasteiger partial charge in [-0.2, -0.15) is 0 Å². The first-order valence-corrected chi connectivity index (χ1v) is 10.0. The van der Waals surface area contributed by atoms with Gasteiger partial charge in [0.1, 0.15) is 5.75 Å². The van der Waals surface area contributed by atoms with E-state index in [0.29, 0.717) is 19.7 Å². The summed E-state index contributed by atoms with van der Waals surface area (Å²) >= 11 is 0. The van der Waals surface area contributed by atoms with E-state index in [9.17, 15) is 9.59 Å². The molecule has 2 N–H and O–H groups in total. The van der Waals surface area contributed by atoms with Crippen molar-refractivity contribution < 1.29 is 19.4 Å². The van der Waals surface area contributed by atoms with Gasteiger partial charge in [-0.15, -0.1) is 0 Å². The number of carbonyl (C=O) groups excluding carboxylic acids is 1. The van der Waals surface area contributed by atoms with Crippen molar-refractivity contribution in [2.24, 2.45) is 0 Å². The van der Waals surface area contributed by atoms with Crippen molar-refractivity contribution in [1.82, 2.24) is 15.1 Å². The number of aliphatic carboxylic acids is 1. The summed E-state index contributed by atoms with van der Waals surface area (Å²) in [4.78, 5) is 27.1. The van der Waals surface area contributed by atoms with E-state index >= 15 is 0 Å². The zero-order chi connectivity index (χ0) is 20.4. The Morgan fingerprint density at radius 3 is 2.89 bits per heavy atom. The molecule has 0 aliphatic carbocycles. The number of carboxylic acids is 1. The number of likely N-dealkylation sites (tertiary alicyclic amines) is 1. The predicted octanol–water partition coefficient (Wildman–Crippen LogP) is 1.75. The van der Waals surface area contributed by atoms with Gasteiger partial charge in [-0.25, -0.2) is 0 Å². The fourth-order valence-corrected chi connectivity index (χ4v) is 3.53. The monoisotopic (exact) mass is 391 g/mol. The van der Waals surface area contributed by atoms with Crippen molar-refractivity contribution in [2.75, 3.05) is 46.4 Å². The Kier molecular flexibility index (Phi) is 9.23. The maximum absolute atomic E-state index is 12.2. The summed E-state index contributed by atoms with van der Waals surface area (Å²) in [6.45, 7) is 5.36. The maximum Gasteiger partial charge on any atom is 0.317 e. The van der Waals surface area contributed by atoms with Crippen LogP contribution in [0.1, 0.15) is 31.2 Å². The molecule has 1 atom stereocenters. The summed E-state index contributed by atoms with van der Waals surface area (Å²) in [7, 11) is 1.86. The van der Waals surface area contributed by atoms with E-state index in [1.165, 1.54) is 5.56 Å². The summed E-state index contributed by atoms with van der Waals surface area (Å²) in [5, 5.41) is 11.9. The van der Waals surface area contributed by atoms with Crippen molar-refractivity contribution in [3.05, 3.63) is 29.8 Å². The summed E-state index contributed by atoms with van der Waals surface area (Å²) in [6.07, 6.45) is 3.60. The molecule has 7 heteroatoms. The fraction of sp³-hybridized carbons (Fsp3) is 0.619. The molecule has 156 valence electrons. The number of rotatable bonds is 10. The number of likely N-dealkylation sites (N-methyl/N-ethyl adjacent to an activating group) is 1. The third-order valence-electron chi connectivity index (χ3n) is 5.07. The molecule has 0 spiro atoms. The largest absolute Gasteiger partial charge is 0.494 e. The number of ether oxygens (including phenoxy) is 1. The van der Waals surface area contributed by atoms with Gasteiger partial charge in [0.05, 0.1) is 19.7 Å². The normalized spacial score (nSPS) is 17.9. The molecular weight excluding hydrogens is 358 g/mol. The van der Waals surface area contributed by atoms with E-state index in [1.807, 2.05) is 43.1 Å². The molecule has 0 aromatic heterocycles. The minimum Gasteiger partial charge on any atom is -0.494 e. The van der Waals surface area contributed by atoms with Crippen molar-refractivity contribution >= 4 is 11.9 Å². The standard InChI is InChI=1S/C21H33N3O4/c1-17-6-3-8-19(14-17)28-13-5-10-22-20(25)15-24-11-4-7-18(9-12-24)23(2)16-21(26)27/h3,6,8,14,18H,4-5,7,9-13,15-16H2,1-2H3,(H,22,25)(H,26,27). The number of amides is 1. The van der Waals surface area contributed by atoms with E-state index in [-0.39, 0.29) is 18.5 Å². The van der Waals surface area contributed by atoms with E-state index in [0.717, 1.165) is 44.5 Å². The van der Waals surface area contributed by atoms with Gasteiger partial charge < -0.3 is 15.2 Å². The molecule has 28 heavy (non-hydrogen) atoms. The molecule has 1 aromatic carbocycles. The second-order valence-electron chi connectivity index (χ2n) is 7.54. The Bertz CT molecular complexity index is 638. The molecule has 1 unspecified atom stereocenters. The number of carboxylic acid groups (broad SMARTS) is 1. The van der Waals surface area contributed by atoms with Gasteiger partial charge in [0.25, 0.3) is 0 Å². The third kappa shape index (κ3) is 8.27. The zero-order valence-electron chi connectivity index (χ0n) is 17.0. The minimum absolute atomic E-state index is 0.0351. The number of carbonyl (C=O) groups is 2. The average Bonchev–Trinajstić information content (AvgIpc) is 2.86. The van der Waals surface area contributed by atoms with Crippen LogP contribution in [0.25, 0.3) is 0 Å². The molecule has 2 rings (SSSR count). The highest BCUT2D eigenvalue weighted by Gasteiger charge is 2.22. The van der Waals surface area contributed by atoms with Gasteiger partial charge in [0.15, 0.2) is 0 Å². The van der Waals surface area contributed by atoms with E-state index in [2.05, 4.69) is 10.2 Å². The third-order valence-corrected chi connectivity index (χ3v) is 5.07. The highest BCUT2D eigenvalue weighted by Crippen LogP contribution is 2.15. The molecular formula is C21H33N3O4. The van der Waals surface area contributed by atoms with Gasteiger partial charge in [0.2, 0.25) is 5.91 Å². The number of hydrogen-bond acceptors (Lipinski definition) is 5. The summed E-state index contributed by atoms with van der Waals surface area (Å²) < 4.78 is 5.69. The Labute approximate surface area is 167 Å². The fourth-order valence-electron chi connectivity index (χ4n) is 3.53. The van der Waals surface area contributed by atoms with Crippen molar-refractivity contribution in [2.45, 2.75) is 38.6 Å². The van der Waals surface area contributed by atoms with Crippen LogP contribution < -0.4 is 10.1 Å². The molecule has 0 radical (unpaired) electrons. The minimum atomic E-state index is -0.797. The summed E-state index contributed by atoms with van der Waals surface area (Å²) in [5.74, 6) is 0.0977. The Balaban J connectivity index is 1.60. The zero-order valence-corrected chi connectivity index (χ0v) is 17.0. The lowest BCUT2D eigenvalue weighted by molar-refractivity contribution is -0.138. The second-order valence-corrected chi connectivity index (χ2v) is 7.54. The predicted molar refractivity (Wildman–Crippen MR) is 109 cm³/mol. The SMILES string of the molecule is Cc1cccc(OCCCNC(=O)CN2CCCC(N(C)CC(=O)O)CC2)c1. The van der Waals surface area contributed by atoms with Gasteiger partial charge in [0, 0.05) is 19.1 Å². The van der Waals surface area contributed by atoms with Gasteiger partial charge >= 0.3 is 5.97 Å². The number of benzene rings is 1. The van der Waals surface area contributed by atoms with Crippen LogP contribution in [-0.4, -0.2) is 79.2 Å². The first kappa shape index (κ1) is 22.2. The Hall–Kier alpha value is -2.12. The molecule has 7 nitrogen and oxygen atoms in total. The highest BCUT2D eigenvalue weighted by atomic mass is 16.5. The second kappa shape index (κ2) is 11.7. The molecule has 1 aliphatic heterocycles. The first-order chi connectivity index (χ1) is 13.4. The number of hydrogen-bond donors (Lipinski definition) is 2. The van der Waals surface area contributed by atoms with Crippen LogP contribution in [0, 0.1) is 6.92 Å². The lowest BCUT2D eigenvalue weighted by Crippen LogP contribution is -2.39. The number of aryl methyl sites for hydroxylation is 1. The number of nitrogens with one attached hydrogen (secondary N) is 1. The van der Waals surface area contributed by atoms with E-state index in [4.69, 9.17) is 9.84 Å². The van der Waals surface area contributed by atoms with Gasteiger partial charge in [-0.05, 0) is 63.9 Å². The molecule has 1 aromatic rings. The molecule has 0 saturated carbocycles. The van der Waals surface area contributed by atoms with Crippen LogP contribution in [-0.2, 0) is 9.59 Å². The lowest BCUT2D eigenvalue weighted by atomic mass is 10.1. The smallest absolute Gasteiger partial charge is 0.317 e. The Morgan fingerprint density at radius 1 is 1.32 bits per heavy atom. The van der Waals surface area contributed by atoms with Crippen LogP contribution in [0.4, 0.5) is 0 Å². The van der Waals surface area contributed by atoms with E-state index in [1.54, 1.807) is 0 Å². The summed E-state index contributed by atoms with van der Waals surface area (Å²) in [5.41, 5.74) is 1.17. The lowest BCUT2D eigenvalue weighted by Gasteiger charge is -2.25. The van der Waals surface area contributed by atoms with Crippen molar-refractivity contribution in [1.29, 1.82) is 0 Å². The molecule has 1 amide bonds. The van der Waals surface area contributed by atoms with Crippen molar-refractivity contribution in [3.8, 4) is 5.75 Å². The Morgan fingerprint density at radius 2 is 2.14 bits per heavy atom. The van der Waals surface area contributed by atoms with Crippen molar-refractivity contribution in [3.63, 3.8) is 0 Å². The van der Waals surface area contributed by atoms with Crippen LogP contribution in [0.2, 0.25) is 0 Å². The molecule has 1 aliphatic rings. The van der Waals surface area contributed by atoms with Crippen LogP contribution in [0.5, 0.6) is 5.75 Å². The molecule has 1 heterocycles. The topological polar surface area (TPSA) is 82.1 Å². The van der Waals surface area contributed by atoms with Crippen LogP contribution in [0.15, 0.2) is 24.3 Å². The van der Waals surface area contributed by atoms with Crippen LogP contribution >= 0.6 is 0 Å². The van der Waals surface area contributed by atoms with Gasteiger partial charge in [-0.1, -0.05) is 12.1 Å². The highest BCUT2D eigenvalue weighted by molar-refractivity contribution is 5.77. The molecule has 1 fully saturated rings. The number of nitrogens with zero attached hydrogens (tertiary/aromatic N) is 2. The molecule has 1 saturated heterocycles. The van der Waals surface area contributed by atoms with Crippen LogP contribution in [0.3, 0.4) is 0 Å². The maximum atomic E-state index is 12.2. The summed E-state index contributed by atoms with van der Waals surface area (Å²) in [6, 6.07) is 8.20. The van der Waals surface area contributed by atoms with Gasteiger partial charge in [-0.3, -0.25) is 19.4 Å².